The zero-order chi connectivity index (χ0) is 18.6. The molecule has 6 atom stereocenters. The number of ether oxygens (including phenoxy) is 6. The van der Waals surface area contributed by atoms with Crippen LogP contribution < -0.4 is 0 Å². The van der Waals surface area contributed by atoms with Gasteiger partial charge in [0.25, 0.3) is 0 Å². The van der Waals surface area contributed by atoms with Crippen molar-refractivity contribution in [3.8, 4) is 0 Å². The van der Waals surface area contributed by atoms with Gasteiger partial charge in [-0.15, -0.1) is 0 Å². The summed E-state index contributed by atoms with van der Waals surface area (Å²) < 4.78 is 34.8. The van der Waals surface area contributed by atoms with Crippen LogP contribution in [0.2, 0.25) is 0 Å². The van der Waals surface area contributed by atoms with Gasteiger partial charge < -0.3 is 33.5 Å². The molecule has 144 valence electrons. The van der Waals surface area contributed by atoms with Crippen LogP contribution in [-0.4, -0.2) is 65.6 Å². The Morgan fingerprint density at radius 1 is 1.04 bits per heavy atom. The van der Waals surface area contributed by atoms with E-state index in [2.05, 4.69) is 0 Å². The first-order valence-corrected chi connectivity index (χ1v) is 8.70. The summed E-state index contributed by atoms with van der Waals surface area (Å²) in [5, 5.41) is 9.99. The molecule has 0 aliphatic carbocycles. The molecule has 0 saturated carbocycles. The second-order valence-corrected chi connectivity index (χ2v) is 7.93. The fraction of sp³-hybridized carbons (Fsp3) is 0.941. The fourth-order valence-corrected chi connectivity index (χ4v) is 3.29. The maximum absolute atomic E-state index is 12.0. The molecule has 0 aromatic rings. The normalized spacial score (nSPS) is 40.8. The summed E-state index contributed by atoms with van der Waals surface area (Å²) in [4.78, 5) is 12.0. The lowest BCUT2D eigenvalue weighted by Gasteiger charge is -2.37. The van der Waals surface area contributed by atoms with Crippen LogP contribution in [0.1, 0.15) is 48.0 Å². The van der Waals surface area contributed by atoms with Crippen LogP contribution in [0.15, 0.2) is 0 Å². The lowest BCUT2D eigenvalue weighted by Crippen LogP contribution is -2.56. The number of esters is 1. The predicted molar refractivity (Wildman–Crippen MR) is 84.4 cm³/mol. The second kappa shape index (κ2) is 6.14. The smallest absolute Gasteiger partial charge is 0.337 e. The highest BCUT2D eigenvalue weighted by Gasteiger charge is 2.60. The van der Waals surface area contributed by atoms with Crippen molar-refractivity contribution in [1.82, 2.24) is 0 Å². The SMILES string of the molecule is CC[C@@](C)(O)C(=O)OC[C@H]1O[C@@H]2OC(C)(C)O[C@@H]2[C@H]2OC(C)(C)O[C@H]21. The van der Waals surface area contributed by atoms with E-state index in [4.69, 9.17) is 28.4 Å². The van der Waals surface area contributed by atoms with E-state index < -0.39 is 53.9 Å². The molecule has 0 amide bonds. The van der Waals surface area contributed by atoms with E-state index in [1.807, 2.05) is 13.8 Å². The molecule has 3 saturated heterocycles. The van der Waals surface area contributed by atoms with Crippen molar-refractivity contribution in [2.45, 2.75) is 95.8 Å². The number of carbonyl (C=O) groups is 1. The van der Waals surface area contributed by atoms with E-state index in [0.717, 1.165) is 0 Å². The second-order valence-electron chi connectivity index (χ2n) is 7.93. The molecule has 25 heavy (non-hydrogen) atoms. The van der Waals surface area contributed by atoms with E-state index in [1.54, 1.807) is 20.8 Å². The molecule has 8 heteroatoms. The molecule has 0 aromatic heterocycles. The average molecular weight is 360 g/mol. The summed E-state index contributed by atoms with van der Waals surface area (Å²) >= 11 is 0. The maximum Gasteiger partial charge on any atom is 0.337 e. The third-order valence-electron chi connectivity index (χ3n) is 4.76. The number of hydrogen-bond donors (Lipinski definition) is 1. The van der Waals surface area contributed by atoms with E-state index in [1.165, 1.54) is 6.92 Å². The highest BCUT2D eigenvalue weighted by atomic mass is 16.9. The van der Waals surface area contributed by atoms with Crippen LogP contribution in [0.4, 0.5) is 0 Å². The molecule has 0 spiro atoms. The average Bonchev–Trinajstić information content (AvgIpc) is 2.98. The number of carbonyl (C=O) groups excluding carboxylic acids is 1. The van der Waals surface area contributed by atoms with Gasteiger partial charge in [-0.1, -0.05) is 6.92 Å². The third kappa shape index (κ3) is 3.70. The Hall–Kier alpha value is -0.770. The Morgan fingerprint density at radius 2 is 1.60 bits per heavy atom. The van der Waals surface area contributed by atoms with E-state index in [0.29, 0.717) is 0 Å². The Kier molecular flexibility index (Phi) is 4.67. The molecule has 3 rings (SSSR count). The summed E-state index contributed by atoms with van der Waals surface area (Å²) in [6.45, 7) is 10.3. The molecule has 0 radical (unpaired) electrons. The van der Waals surface area contributed by atoms with Crippen molar-refractivity contribution in [2.24, 2.45) is 0 Å². The van der Waals surface area contributed by atoms with Gasteiger partial charge in [0.2, 0.25) is 0 Å². The molecule has 3 fully saturated rings. The Balaban J connectivity index is 1.73. The van der Waals surface area contributed by atoms with Crippen LogP contribution >= 0.6 is 0 Å². The lowest BCUT2D eigenvalue weighted by atomic mass is 9.99. The van der Waals surface area contributed by atoms with Gasteiger partial charge in [0.1, 0.15) is 31.0 Å². The quantitative estimate of drug-likeness (QED) is 0.745. The van der Waals surface area contributed by atoms with Crippen molar-refractivity contribution in [1.29, 1.82) is 0 Å². The van der Waals surface area contributed by atoms with Gasteiger partial charge >= 0.3 is 5.97 Å². The first kappa shape index (κ1) is 19.0. The Labute approximate surface area is 147 Å². The summed E-state index contributed by atoms with van der Waals surface area (Å²) in [6, 6.07) is 0. The first-order chi connectivity index (χ1) is 11.4. The first-order valence-electron chi connectivity index (χ1n) is 8.70. The van der Waals surface area contributed by atoms with Gasteiger partial charge in [0.05, 0.1) is 0 Å². The van der Waals surface area contributed by atoms with E-state index >= 15 is 0 Å². The number of aliphatic hydroxyl groups is 1. The van der Waals surface area contributed by atoms with Gasteiger partial charge in [-0.25, -0.2) is 4.79 Å². The van der Waals surface area contributed by atoms with Crippen molar-refractivity contribution in [3.63, 3.8) is 0 Å². The molecule has 1 N–H and O–H groups in total. The van der Waals surface area contributed by atoms with E-state index in [9.17, 15) is 9.90 Å². The zero-order valence-electron chi connectivity index (χ0n) is 15.6. The molecule has 8 nitrogen and oxygen atoms in total. The number of hydrogen-bond acceptors (Lipinski definition) is 8. The Bertz CT molecular complexity index is 529. The third-order valence-corrected chi connectivity index (χ3v) is 4.76. The van der Waals surface area contributed by atoms with Crippen molar-refractivity contribution in [3.05, 3.63) is 0 Å². The highest BCUT2D eigenvalue weighted by molar-refractivity contribution is 5.78. The molecule has 0 aromatic carbocycles. The summed E-state index contributed by atoms with van der Waals surface area (Å²) in [7, 11) is 0. The van der Waals surface area contributed by atoms with Gasteiger partial charge in [0, 0.05) is 0 Å². The van der Waals surface area contributed by atoms with Crippen molar-refractivity contribution >= 4 is 5.97 Å². The summed E-state index contributed by atoms with van der Waals surface area (Å²) in [5.41, 5.74) is -1.53. The van der Waals surface area contributed by atoms with Gasteiger partial charge in [-0.3, -0.25) is 0 Å². The zero-order valence-corrected chi connectivity index (χ0v) is 15.6. The molecular weight excluding hydrogens is 332 g/mol. The minimum absolute atomic E-state index is 0.0669. The van der Waals surface area contributed by atoms with Crippen molar-refractivity contribution in [2.75, 3.05) is 6.61 Å². The van der Waals surface area contributed by atoms with Gasteiger partial charge in [0.15, 0.2) is 23.5 Å². The largest absolute Gasteiger partial charge is 0.461 e. The highest BCUT2D eigenvalue weighted by Crippen LogP contribution is 2.44. The van der Waals surface area contributed by atoms with Crippen LogP contribution in [0, 0.1) is 0 Å². The fourth-order valence-electron chi connectivity index (χ4n) is 3.29. The molecule has 3 aliphatic heterocycles. The summed E-state index contributed by atoms with van der Waals surface area (Å²) in [6.07, 6.45) is -2.25. The topological polar surface area (TPSA) is 92.7 Å². The minimum Gasteiger partial charge on any atom is -0.461 e. The summed E-state index contributed by atoms with van der Waals surface area (Å²) in [5.74, 6) is -2.30. The minimum atomic E-state index is -1.53. The lowest BCUT2D eigenvalue weighted by molar-refractivity contribution is -0.244. The maximum atomic E-state index is 12.0. The number of rotatable bonds is 4. The molecular formula is C17H28O8. The van der Waals surface area contributed by atoms with Crippen LogP contribution in [0.3, 0.4) is 0 Å². The van der Waals surface area contributed by atoms with Gasteiger partial charge in [-0.2, -0.15) is 0 Å². The monoisotopic (exact) mass is 360 g/mol. The van der Waals surface area contributed by atoms with Crippen LogP contribution in [0.25, 0.3) is 0 Å². The predicted octanol–water partition coefficient (Wildman–Crippen LogP) is 1.09. The van der Waals surface area contributed by atoms with Gasteiger partial charge in [-0.05, 0) is 41.0 Å². The molecule has 3 heterocycles. The molecule has 3 aliphatic rings. The van der Waals surface area contributed by atoms with E-state index in [-0.39, 0.29) is 13.0 Å². The molecule has 0 unspecified atom stereocenters. The van der Waals surface area contributed by atoms with Crippen molar-refractivity contribution < 1.29 is 38.3 Å². The Morgan fingerprint density at radius 3 is 2.24 bits per heavy atom. The molecule has 0 bridgehead atoms. The number of fused-ring (bicyclic) bond motifs is 3. The van der Waals surface area contributed by atoms with Crippen LogP contribution in [0.5, 0.6) is 0 Å². The standard InChI is InChI=1S/C17H28O8/c1-7-17(6,19)14(18)20-8-9-10-11(23-15(2,3)22-10)12-13(21-9)25-16(4,5)24-12/h9-13,19H,7-8H2,1-6H3/t9-,10+,11+,12-,13-,17-/m1/s1. The van der Waals surface area contributed by atoms with Crippen LogP contribution in [-0.2, 0) is 33.2 Å².